The summed E-state index contributed by atoms with van der Waals surface area (Å²) in [6.07, 6.45) is 0.950. The van der Waals surface area contributed by atoms with Crippen LogP contribution in [0.5, 0.6) is 0 Å². The Morgan fingerprint density at radius 1 is 1.02 bits per heavy atom. The van der Waals surface area contributed by atoms with Gasteiger partial charge in [-0.1, -0.05) is 18.3 Å². The normalized spacial score (nSPS) is 14.1. The number of carbonyl (C=O) groups is 2. The Kier molecular flexibility index (Phi) is 12.9. The van der Waals surface area contributed by atoms with Crippen LogP contribution in [0.1, 0.15) is 54.9 Å². The van der Waals surface area contributed by atoms with Crippen LogP contribution in [0.2, 0.25) is 0 Å². The number of esters is 2. The van der Waals surface area contributed by atoms with Crippen molar-refractivity contribution in [2.24, 2.45) is 0 Å². The maximum absolute atomic E-state index is 14.7. The van der Waals surface area contributed by atoms with Crippen molar-refractivity contribution in [1.29, 1.82) is 0 Å². The molecule has 12 nitrogen and oxygen atoms in total. The zero-order chi connectivity index (χ0) is 31.0. The van der Waals surface area contributed by atoms with E-state index in [0.29, 0.717) is 16.6 Å². The zero-order valence-electron chi connectivity index (χ0n) is 25.2. The van der Waals surface area contributed by atoms with Crippen LogP contribution in [0.4, 0.5) is 5.13 Å². The van der Waals surface area contributed by atoms with Crippen molar-refractivity contribution in [3.63, 3.8) is 0 Å². The van der Waals surface area contributed by atoms with E-state index in [0.717, 1.165) is 16.4 Å². The second-order valence-corrected chi connectivity index (χ2v) is 15.6. The fourth-order valence-corrected chi connectivity index (χ4v) is 7.33. The van der Waals surface area contributed by atoms with Crippen molar-refractivity contribution in [2.45, 2.75) is 82.4 Å². The largest absolute Gasteiger partial charge is 0.468 e. The van der Waals surface area contributed by atoms with Crippen molar-refractivity contribution in [1.82, 2.24) is 15.2 Å². The molecule has 2 aromatic heterocycles. The van der Waals surface area contributed by atoms with E-state index in [1.165, 1.54) is 31.6 Å². The number of thiazole rings is 1. The Balaban J connectivity index is 2.57. The van der Waals surface area contributed by atoms with Crippen LogP contribution in [0.3, 0.4) is 0 Å². The second-order valence-electron chi connectivity index (χ2n) is 11.0. The molecule has 0 aliphatic rings. The molecule has 0 aliphatic heterocycles. The summed E-state index contributed by atoms with van der Waals surface area (Å²) in [6, 6.07) is 0.753. The van der Waals surface area contributed by atoms with Gasteiger partial charge in [0, 0.05) is 0 Å². The molecule has 0 fully saturated rings. The number of hydrogen-bond donors (Lipinski definition) is 3. The highest BCUT2D eigenvalue weighted by atomic mass is 32.2. The van der Waals surface area contributed by atoms with Gasteiger partial charge in [0.25, 0.3) is 7.44 Å². The minimum Gasteiger partial charge on any atom is -0.468 e. The van der Waals surface area contributed by atoms with E-state index in [4.69, 9.17) is 29.1 Å². The third kappa shape index (κ3) is 11.0. The van der Waals surface area contributed by atoms with Crippen molar-refractivity contribution in [2.75, 3.05) is 38.9 Å². The third-order valence-electron chi connectivity index (χ3n) is 5.20. The highest BCUT2D eigenvalue weighted by Gasteiger charge is 2.40. The van der Waals surface area contributed by atoms with Crippen LogP contribution >= 0.6 is 30.5 Å². The fraction of sp³-hybridized carbons (Fsp3) is 0.654. The summed E-state index contributed by atoms with van der Waals surface area (Å²) < 4.78 is 43.2. The van der Waals surface area contributed by atoms with Crippen LogP contribution in [-0.2, 0) is 33.1 Å². The smallest absolute Gasteiger partial charge is 0.325 e. The van der Waals surface area contributed by atoms with E-state index in [1.807, 2.05) is 41.5 Å². The number of thioether (sulfide) groups is 1. The molecule has 4 N–H and O–H groups in total. The van der Waals surface area contributed by atoms with E-state index in [2.05, 4.69) is 22.1 Å². The molecule has 2 heterocycles. The summed E-state index contributed by atoms with van der Waals surface area (Å²) in [5.74, 6) is -0.243. The van der Waals surface area contributed by atoms with Crippen molar-refractivity contribution in [3.8, 4) is 11.5 Å². The summed E-state index contributed by atoms with van der Waals surface area (Å²) in [7, 11) is -1.67. The Morgan fingerprint density at radius 2 is 1.54 bits per heavy atom. The Hall–Kier alpha value is -1.93. The summed E-state index contributed by atoms with van der Waals surface area (Å²) in [5, 5.41) is 6.04. The highest BCUT2D eigenvalue weighted by Crippen LogP contribution is 2.42. The Bertz CT molecular complexity index is 1160. The molecule has 0 radical (unpaired) electrons. The zero-order valence-corrected chi connectivity index (χ0v) is 27.7. The van der Waals surface area contributed by atoms with Crippen molar-refractivity contribution >= 4 is 53.1 Å². The molecule has 2 atom stereocenters. The second kappa shape index (κ2) is 15.0. The van der Waals surface area contributed by atoms with Gasteiger partial charge >= 0.3 is 11.9 Å². The van der Waals surface area contributed by atoms with Gasteiger partial charge in [0.05, 0.1) is 42.8 Å². The van der Waals surface area contributed by atoms with E-state index in [1.54, 1.807) is 17.8 Å². The summed E-state index contributed by atoms with van der Waals surface area (Å²) in [6.45, 7) is 12.7. The van der Waals surface area contributed by atoms with Gasteiger partial charge in [0.15, 0.2) is 16.4 Å². The van der Waals surface area contributed by atoms with Crippen molar-refractivity contribution < 1.29 is 37.5 Å². The molecule has 0 saturated carbocycles. The lowest BCUT2D eigenvalue weighted by atomic mass is 10.2. The van der Waals surface area contributed by atoms with Gasteiger partial charge < -0.3 is 29.1 Å². The first-order valence-electron chi connectivity index (χ1n) is 13.1. The molecule has 41 heavy (non-hydrogen) atoms. The molecule has 0 amide bonds. The number of rotatable bonds is 15. The van der Waals surface area contributed by atoms with Crippen LogP contribution in [0.15, 0.2) is 20.8 Å². The van der Waals surface area contributed by atoms with Crippen LogP contribution in [0.25, 0.3) is 11.5 Å². The molecule has 232 valence electrons. The van der Waals surface area contributed by atoms with Crippen LogP contribution in [-0.4, -0.2) is 73.4 Å². The van der Waals surface area contributed by atoms with Gasteiger partial charge in [-0.3, -0.25) is 14.2 Å². The fourth-order valence-electron chi connectivity index (χ4n) is 3.27. The van der Waals surface area contributed by atoms with E-state index in [-0.39, 0.29) is 18.7 Å². The lowest BCUT2D eigenvalue weighted by molar-refractivity contribution is -0.146. The Morgan fingerprint density at radius 3 is 1.98 bits per heavy atom. The van der Waals surface area contributed by atoms with Gasteiger partial charge in [0.2, 0.25) is 0 Å². The number of nitrogens with zero attached hydrogens (tertiary/aromatic N) is 1. The molecule has 0 aromatic carbocycles. The maximum Gasteiger partial charge on any atom is 0.325 e. The first kappa shape index (κ1) is 35.3. The van der Waals surface area contributed by atoms with Gasteiger partial charge in [0.1, 0.15) is 17.8 Å². The molecule has 0 unspecified atom stereocenters. The Labute approximate surface area is 250 Å². The number of anilines is 1. The number of nitrogen functional groups attached to an aromatic ring is 1. The predicted octanol–water partition coefficient (Wildman–Crippen LogP) is 4.20. The molecular formula is C26H43N4O8PS2. The summed E-state index contributed by atoms with van der Waals surface area (Å²) in [5.41, 5.74) is 5.25. The highest BCUT2D eigenvalue weighted by molar-refractivity contribution is 8.01. The molecule has 2 rings (SSSR count). The number of furan rings is 1. The predicted molar refractivity (Wildman–Crippen MR) is 162 cm³/mol. The average Bonchev–Trinajstić information content (AvgIpc) is 3.52. The minimum absolute atomic E-state index is 0.0557. The van der Waals surface area contributed by atoms with Gasteiger partial charge in [-0.15, -0.1) is 11.8 Å². The lowest BCUT2D eigenvalue weighted by Gasteiger charge is -2.30. The molecule has 0 aliphatic carbocycles. The van der Waals surface area contributed by atoms with E-state index in [9.17, 15) is 14.2 Å². The number of methoxy groups -OCH3 is 2. The number of nitrogens with one attached hydrogen (secondary N) is 2. The summed E-state index contributed by atoms with van der Waals surface area (Å²) in [4.78, 5) is 29.9. The quantitative estimate of drug-likeness (QED) is 0.145. The number of hydrogen-bond acceptors (Lipinski definition) is 12. The van der Waals surface area contributed by atoms with Crippen molar-refractivity contribution in [3.05, 3.63) is 12.1 Å². The molecule has 0 saturated heterocycles. The average molecular weight is 635 g/mol. The summed E-state index contributed by atoms with van der Waals surface area (Å²) >= 11 is 2.93. The maximum atomic E-state index is 14.7. The van der Waals surface area contributed by atoms with Crippen LogP contribution in [0, 0.1) is 0 Å². The number of nitrogens with two attached hydrogens (primary N) is 1. The lowest BCUT2D eigenvalue weighted by Crippen LogP contribution is -2.50. The topological polar surface area (TPSA) is 164 Å². The van der Waals surface area contributed by atoms with E-state index < -0.39 is 42.7 Å². The molecule has 0 bridgehead atoms. The number of ether oxygens (including phenoxy) is 4. The number of carbonyl (C=O) groups excluding carboxylic acids is 2. The minimum atomic E-state index is -4.10. The molecular weight excluding hydrogens is 591 g/mol. The van der Waals surface area contributed by atoms with Gasteiger partial charge in [-0.25, -0.2) is 15.2 Å². The molecule has 0 spiro atoms. The van der Waals surface area contributed by atoms with Gasteiger partial charge in [-0.2, -0.15) is 0 Å². The standard InChI is InChI=1S/C26H43N4O8PS2/c1-10-13-40-23-20(28-24(27)41-23)18-11-12-19(38-18)39(33,29-16(21(31)34-8)14-36-25(2,3)4)30-17(22(32)35-9)15-37-26(5,6)7/h11-12,16-17H,10,13-15H2,1-9H3,(H2,27,28)(H2,29,30,33)/t16-,17-/m0/s1. The third-order valence-corrected chi connectivity index (χ3v) is 9.76. The van der Waals surface area contributed by atoms with E-state index >= 15 is 0 Å². The molecule has 2 aromatic rings. The molecule has 15 heteroatoms. The van der Waals surface area contributed by atoms with Crippen LogP contribution < -0.4 is 21.4 Å². The van der Waals surface area contributed by atoms with Gasteiger partial charge in [-0.05, 0) is 65.8 Å². The number of aromatic nitrogens is 1. The first-order chi connectivity index (χ1) is 19.0. The monoisotopic (exact) mass is 634 g/mol. The SMILES string of the molecule is CCCSc1sc(N)nc1-c1ccc(P(=O)(N[C@@H](COC(C)(C)C)C(=O)OC)N[C@@H](COC(C)(C)C)C(=O)OC)o1. The first-order valence-corrected chi connectivity index (χ1v) is 16.6.